The Kier molecular flexibility index (Phi) is 8.25. The Hall–Kier alpha value is -2.66. The average Bonchev–Trinajstić information content (AvgIpc) is 2.77. The summed E-state index contributed by atoms with van der Waals surface area (Å²) in [6.07, 6.45) is 6.18. The molecule has 154 valence electrons. The van der Waals surface area contributed by atoms with E-state index in [1.165, 1.54) is 5.57 Å². The van der Waals surface area contributed by atoms with Gasteiger partial charge in [-0.15, -0.1) is 0 Å². The van der Waals surface area contributed by atoms with Gasteiger partial charge in [0.25, 0.3) is 0 Å². The molecule has 1 unspecified atom stereocenters. The molecule has 1 aromatic heterocycles. The van der Waals surface area contributed by atoms with E-state index in [0.29, 0.717) is 38.0 Å². The van der Waals surface area contributed by atoms with Crippen molar-refractivity contribution >= 4 is 11.5 Å². The van der Waals surface area contributed by atoms with E-state index in [1.54, 1.807) is 7.11 Å². The topological polar surface area (TPSA) is 57.7 Å². The van der Waals surface area contributed by atoms with Gasteiger partial charge in [0.2, 0.25) is 5.88 Å². The van der Waals surface area contributed by atoms with E-state index in [9.17, 15) is 4.79 Å². The van der Waals surface area contributed by atoms with Crippen LogP contribution >= 0.6 is 0 Å². The van der Waals surface area contributed by atoms with Crippen LogP contribution in [0.25, 0.3) is 5.57 Å². The maximum atomic E-state index is 11.9. The molecule has 5 nitrogen and oxygen atoms in total. The van der Waals surface area contributed by atoms with E-state index >= 15 is 0 Å². The van der Waals surface area contributed by atoms with E-state index in [4.69, 9.17) is 14.2 Å². The third-order valence-corrected chi connectivity index (χ3v) is 5.01. The zero-order chi connectivity index (χ0) is 20.3. The lowest BCUT2D eigenvalue weighted by molar-refractivity contribution is -0.145. The first-order valence-electron chi connectivity index (χ1n) is 10.2. The van der Waals surface area contributed by atoms with Crippen LogP contribution in [0.2, 0.25) is 0 Å². The van der Waals surface area contributed by atoms with Crippen LogP contribution in [0, 0.1) is 5.92 Å². The number of hydrogen-bond acceptors (Lipinski definition) is 5. The first kappa shape index (κ1) is 21.1. The summed E-state index contributed by atoms with van der Waals surface area (Å²) in [6.45, 7) is 1.55. The van der Waals surface area contributed by atoms with Crippen LogP contribution in [-0.4, -0.2) is 31.3 Å². The van der Waals surface area contributed by atoms with Crippen molar-refractivity contribution in [2.45, 2.75) is 38.7 Å². The van der Waals surface area contributed by atoms with Crippen molar-refractivity contribution in [3.05, 3.63) is 65.9 Å². The lowest BCUT2D eigenvalue weighted by atomic mass is 9.86. The van der Waals surface area contributed by atoms with Crippen molar-refractivity contribution in [2.24, 2.45) is 5.92 Å². The molecule has 0 radical (unpaired) electrons. The van der Waals surface area contributed by atoms with Crippen LogP contribution in [0.1, 0.15) is 43.4 Å². The number of pyridine rings is 1. The Balaban J connectivity index is 1.48. The Bertz CT molecular complexity index is 804. The van der Waals surface area contributed by atoms with Crippen molar-refractivity contribution in [1.29, 1.82) is 0 Å². The smallest absolute Gasteiger partial charge is 0.306 e. The molecule has 0 amide bonds. The second-order valence-corrected chi connectivity index (χ2v) is 7.28. The van der Waals surface area contributed by atoms with Gasteiger partial charge in [0, 0.05) is 32.6 Å². The number of esters is 1. The fraction of sp³-hybridized carbons (Fsp3) is 0.417. The summed E-state index contributed by atoms with van der Waals surface area (Å²) in [6, 6.07) is 16.0. The van der Waals surface area contributed by atoms with E-state index < -0.39 is 0 Å². The molecule has 1 atom stereocenters. The lowest BCUT2D eigenvalue weighted by Crippen LogP contribution is -2.15. The van der Waals surface area contributed by atoms with Crippen LogP contribution in [0.3, 0.4) is 0 Å². The van der Waals surface area contributed by atoms with Crippen molar-refractivity contribution in [3.63, 3.8) is 0 Å². The first-order valence-corrected chi connectivity index (χ1v) is 10.2. The van der Waals surface area contributed by atoms with E-state index in [1.807, 2.05) is 48.5 Å². The molecule has 3 rings (SSSR count). The average molecular weight is 395 g/mol. The Morgan fingerprint density at radius 1 is 1.10 bits per heavy atom. The first-order chi connectivity index (χ1) is 14.2. The number of hydrogen-bond donors (Lipinski definition) is 0. The molecule has 0 fully saturated rings. The molecule has 1 aliphatic rings. The van der Waals surface area contributed by atoms with Gasteiger partial charge < -0.3 is 14.2 Å². The normalized spacial score (nSPS) is 16.2. The van der Waals surface area contributed by atoms with Crippen molar-refractivity contribution in [1.82, 2.24) is 4.98 Å². The van der Waals surface area contributed by atoms with Crippen LogP contribution in [0.5, 0.6) is 5.88 Å². The Labute approximate surface area is 172 Å². The molecule has 0 aliphatic heterocycles. The van der Waals surface area contributed by atoms with Gasteiger partial charge in [-0.25, -0.2) is 4.98 Å². The molecule has 1 aliphatic carbocycles. The molecular formula is C24H29NO4. The van der Waals surface area contributed by atoms with Gasteiger partial charge in [-0.3, -0.25) is 4.79 Å². The van der Waals surface area contributed by atoms with Crippen molar-refractivity contribution in [3.8, 4) is 5.88 Å². The number of carbonyl (C=O) groups is 1. The van der Waals surface area contributed by atoms with Gasteiger partial charge in [-0.05, 0) is 42.4 Å². The summed E-state index contributed by atoms with van der Waals surface area (Å²) in [5.41, 5.74) is 3.30. The summed E-state index contributed by atoms with van der Waals surface area (Å²) in [5.74, 6) is 0.859. The second kappa shape index (κ2) is 11.4. The SMILES string of the molecule is COCCCOC(=O)CC1CC=C(c2cccc(OCc3ccccc3)n2)CC1. The largest absolute Gasteiger partial charge is 0.473 e. The second-order valence-electron chi connectivity index (χ2n) is 7.28. The fourth-order valence-electron chi connectivity index (χ4n) is 3.40. The molecule has 0 N–H and O–H groups in total. The van der Waals surface area contributed by atoms with Crippen LogP contribution in [0.15, 0.2) is 54.6 Å². The minimum absolute atomic E-state index is 0.114. The van der Waals surface area contributed by atoms with Crippen LogP contribution in [-0.2, 0) is 20.9 Å². The number of allylic oxidation sites excluding steroid dienone is 2. The Morgan fingerprint density at radius 3 is 2.72 bits per heavy atom. The number of ether oxygens (including phenoxy) is 3. The predicted molar refractivity (Wildman–Crippen MR) is 112 cm³/mol. The Morgan fingerprint density at radius 2 is 1.97 bits per heavy atom. The molecule has 1 aromatic carbocycles. The summed E-state index contributed by atoms with van der Waals surface area (Å²) >= 11 is 0. The summed E-state index contributed by atoms with van der Waals surface area (Å²) in [5, 5.41) is 0. The third kappa shape index (κ3) is 7.02. The number of rotatable bonds is 10. The van der Waals surface area contributed by atoms with Gasteiger partial charge in [0.15, 0.2) is 0 Å². The van der Waals surface area contributed by atoms with Crippen LogP contribution in [0.4, 0.5) is 0 Å². The molecule has 0 saturated carbocycles. The monoisotopic (exact) mass is 395 g/mol. The highest BCUT2D eigenvalue weighted by Gasteiger charge is 2.20. The fourth-order valence-corrected chi connectivity index (χ4v) is 3.40. The highest BCUT2D eigenvalue weighted by molar-refractivity contribution is 5.70. The number of methoxy groups -OCH3 is 1. The number of aromatic nitrogens is 1. The van der Waals surface area contributed by atoms with Crippen LogP contribution < -0.4 is 4.74 Å². The summed E-state index contributed by atoms with van der Waals surface area (Å²) in [4.78, 5) is 16.6. The van der Waals surface area contributed by atoms with E-state index in [0.717, 1.165) is 36.9 Å². The molecule has 0 spiro atoms. The quantitative estimate of drug-likeness (QED) is 0.427. The lowest BCUT2D eigenvalue weighted by Gasteiger charge is -2.21. The number of carbonyl (C=O) groups excluding carboxylic acids is 1. The minimum Gasteiger partial charge on any atom is -0.473 e. The summed E-state index contributed by atoms with van der Waals surface area (Å²) in [7, 11) is 1.65. The molecule has 5 heteroatoms. The minimum atomic E-state index is -0.114. The van der Waals surface area contributed by atoms with Gasteiger partial charge in [-0.1, -0.05) is 42.5 Å². The molecular weight excluding hydrogens is 366 g/mol. The molecule has 0 bridgehead atoms. The van der Waals surface area contributed by atoms with E-state index in [-0.39, 0.29) is 5.97 Å². The molecule has 29 heavy (non-hydrogen) atoms. The number of nitrogens with zero attached hydrogens (tertiary/aromatic N) is 1. The molecule has 2 aromatic rings. The van der Waals surface area contributed by atoms with Crippen molar-refractivity contribution < 1.29 is 19.0 Å². The molecule has 0 saturated heterocycles. The molecule has 1 heterocycles. The zero-order valence-electron chi connectivity index (χ0n) is 17.0. The number of benzene rings is 1. The van der Waals surface area contributed by atoms with Gasteiger partial charge >= 0.3 is 5.97 Å². The third-order valence-electron chi connectivity index (χ3n) is 5.01. The predicted octanol–water partition coefficient (Wildman–Crippen LogP) is 4.81. The highest BCUT2D eigenvalue weighted by atomic mass is 16.5. The zero-order valence-corrected chi connectivity index (χ0v) is 17.0. The van der Waals surface area contributed by atoms with Crippen molar-refractivity contribution in [2.75, 3.05) is 20.3 Å². The summed E-state index contributed by atoms with van der Waals surface area (Å²) < 4.78 is 16.1. The standard InChI is InChI=1S/C24H29NO4/c1-27-15-6-16-28-24(26)17-19-11-13-21(14-12-19)22-9-5-10-23(25-22)29-18-20-7-3-2-4-8-20/h2-5,7-10,13,19H,6,11-12,14-18H2,1H3. The van der Waals surface area contributed by atoms with E-state index in [2.05, 4.69) is 11.1 Å². The van der Waals surface area contributed by atoms with Gasteiger partial charge in [0.1, 0.15) is 6.61 Å². The highest BCUT2D eigenvalue weighted by Crippen LogP contribution is 2.31. The maximum Gasteiger partial charge on any atom is 0.306 e. The van der Waals surface area contributed by atoms with Gasteiger partial charge in [-0.2, -0.15) is 0 Å². The maximum absolute atomic E-state index is 11.9. The van der Waals surface area contributed by atoms with Gasteiger partial charge in [0.05, 0.1) is 12.3 Å².